The highest BCUT2D eigenvalue weighted by atomic mass is 35.5. The fourth-order valence-corrected chi connectivity index (χ4v) is 5.11. The number of aromatic nitrogens is 3. The Morgan fingerprint density at radius 1 is 0.930 bits per heavy atom. The normalized spacial score (nSPS) is 11.0. The Morgan fingerprint density at radius 2 is 1.67 bits per heavy atom. The summed E-state index contributed by atoms with van der Waals surface area (Å²) < 4.78 is 46.7. The Labute approximate surface area is 254 Å². The molecule has 0 amide bonds. The molecule has 0 saturated heterocycles. The highest BCUT2D eigenvalue weighted by molar-refractivity contribution is 7.92. The van der Waals surface area contributed by atoms with E-state index in [1.54, 1.807) is 61.5 Å². The molecule has 43 heavy (non-hydrogen) atoms. The van der Waals surface area contributed by atoms with Gasteiger partial charge in [0.05, 0.1) is 7.11 Å². The van der Waals surface area contributed by atoms with Crippen molar-refractivity contribution in [3.63, 3.8) is 0 Å². The van der Waals surface area contributed by atoms with E-state index in [2.05, 4.69) is 26.3 Å². The zero-order valence-corrected chi connectivity index (χ0v) is 24.9. The van der Waals surface area contributed by atoms with Gasteiger partial charge in [-0.2, -0.15) is 8.42 Å². The number of benzene rings is 3. The first-order valence-electron chi connectivity index (χ1n) is 13.0. The van der Waals surface area contributed by atoms with Gasteiger partial charge in [0.25, 0.3) is 10.0 Å². The molecule has 218 valence electrons. The van der Waals surface area contributed by atoms with Gasteiger partial charge in [0.1, 0.15) is 12.4 Å². The monoisotopic (exact) mass is 614 g/mol. The van der Waals surface area contributed by atoms with E-state index in [4.69, 9.17) is 25.8 Å². The summed E-state index contributed by atoms with van der Waals surface area (Å²) in [5.74, 6) is 1.08. The number of halogens is 1. The van der Waals surface area contributed by atoms with Gasteiger partial charge in [-0.3, -0.25) is 4.72 Å². The summed E-state index contributed by atoms with van der Waals surface area (Å²) in [6.45, 7) is 6.02. The van der Waals surface area contributed by atoms with E-state index < -0.39 is 10.0 Å². The van der Waals surface area contributed by atoms with Gasteiger partial charge in [0.2, 0.25) is 5.75 Å². The molecule has 0 fully saturated rings. The average Bonchev–Trinajstić information content (AvgIpc) is 3.02. The van der Waals surface area contributed by atoms with Gasteiger partial charge < -0.3 is 14.2 Å². The van der Waals surface area contributed by atoms with Gasteiger partial charge in [0.15, 0.2) is 33.3 Å². The molecule has 2 heterocycles. The minimum absolute atomic E-state index is 0.117. The third-order valence-electron chi connectivity index (χ3n) is 6.18. The van der Waals surface area contributed by atoms with Crippen LogP contribution in [0.2, 0.25) is 5.15 Å². The second-order valence-corrected chi connectivity index (χ2v) is 11.3. The Hall–Kier alpha value is -4.93. The van der Waals surface area contributed by atoms with E-state index in [1.807, 2.05) is 30.3 Å². The number of hydrogen-bond donors (Lipinski definition) is 1. The van der Waals surface area contributed by atoms with Crippen LogP contribution in [0.1, 0.15) is 18.1 Å². The lowest BCUT2D eigenvalue weighted by molar-refractivity contribution is 0.306. The van der Waals surface area contributed by atoms with E-state index in [0.717, 1.165) is 11.1 Å². The standard InChI is InChI=1S/C32H27ClN4O5S/c1-21(2)24-16-17-28(34-19-24)43(38,39)37-32-29(42-27-15-8-7-14-26(27)40-3)30(33)35-31(36-32)23-12-9-13-25(18-23)41-20-22-10-5-4-6-11-22/h4-19H,1,20H2,2-3H3,(H,35,36,37). The fourth-order valence-electron chi connectivity index (χ4n) is 3.96. The summed E-state index contributed by atoms with van der Waals surface area (Å²) in [6.07, 6.45) is 1.43. The molecular weight excluding hydrogens is 588 g/mol. The van der Waals surface area contributed by atoms with E-state index in [1.165, 1.54) is 19.4 Å². The molecule has 0 bridgehead atoms. The molecule has 5 aromatic rings. The molecule has 11 heteroatoms. The summed E-state index contributed by atoms with van der Waals surface area (Å²) in [5, 5.41) is -0.358. The first-order valence-corrected chi connectivity index (χ1v) is 14.9. The smallest absolute Gasteiger partial charge is 0.280 e. The minimum atomic E-state index is -4.23. The molecule has 1 N–H and O–H groups in total. The Bertz CT molecular complexity index is 1870. The number of rotatable bonds is 11. The van der Waals surface area contributed by atoms with E-state index in [-0.39, 0.29) is 33.3 Å². The fraction of sp³-hybridized carbons (Fsp3) is 0.0938. The number of allylic oxidation sites excluding steroid dienone is 1. The Morgan fingerprint density at radius 3 is 2.37 bits per heavy atom. The van der Waals surface area contributed by atoms with Crippen molar-refractivity contribution in [2.45, 2.75) is 18.6 Å². The van der Waals surface area contributed by atoms with Crippen LogP contribution < -0.4 is 18.9 Å². The molecule has 0 aliphatic rings. The number of sulfonamides is 1. The molecule has 0 spiro atoms. The number of para-hydroxylation sites is 2. The number of pyridine rings is 1. The van der Waals surface area contributed by atoms with Crippen LogP contribution in [0, 0.1) is 0 Å². The van der Waals surface area contributed by atoms with Gasteiger partial charge in [-0.15, -0.1) is 0 Å². The second-order valence-electron chi connectivity index (χ2n) is 9.34. The maximum atomic E-state index is 13.4. The van der Waals surface area contributed by atoms with Crippen molar-refractivity contribution in [3.05, 3.63) is 120 Å². The van der Waals surface area contributed by atoms with Gasteiger partial charge in [0, 0.05) is 11.8 Å². The molecule has 9 nitrogen and oxygen atoms in total. The zero-order chi connectivity index (χ0) is 30.4. The summed E-state index contributed by atoms with van der Waals surface area (Å²) in [5.41, 5.74) is 3.01. The maximum Gasteiger partial charge on any atom is 0.280 e. The third-order valence-corrected chi connectivity index (χ3v) is 7.69. The van der Waals surface area contributed by atoms with Crippen molar-refractivity contribution in [1.82, 2.24) is 15.0 Å². The average molecular weight is 615 g/mol. The van der Waals surface area contributed by atoms with E-state index >= 15 is 0 Å². The van der Waals surface area contributed by atoms with Crippen molar-refractivity contribution >= 4 is 33.0 Å². The summed E-state index contributed by atoms with van der Waals surface area (Å²) in [7, 11) is -2.74. The Balaban J connectivity index is 1.53. The highest BCUT2D eigenvalue weighted by Crippen LogP contribution is 2.40. The SMILES string of the molecule is C=C(C)c1ccc(S(=O)(=O)Nc2nc(-c3cccc(OCc4ccccc4)c3)nc(Cl)c2Oc2ccccc2OC)nc1. The molecule has 5 rings (SSSR count). The molecular formula is C32H27ClN4O5S. The van der Waals surface area contributed by atoms with Crippen LogP contribution in [0.25, 0.3) is 17.0 Å². The number of ether oxygens (including phenoxy) is 3. The zero-order valence-electron chi connectivity index (χ0n) is 23.3. The van der Waals surface area contributed by atoms with Gasteiger partial charge in [-0.05, 0) is 54.0 Å². The van der Waals surface area contributed by atoms with Gasteiger partial charge in [-0.25, -0.2) is 15.0 Å². The first-order chi connectivity index (χ1) is 20.7. The molecule has 0 saturated carbocycles. The first kappa shape index (κ1) is 29.6. The third kappa shape index (κ3) is 7.11. The summed E-state index contributed by atoms with van der Waals surface area (Å²) >= 11 is 6.63. The summed E-state index contributed by atoms with van der Waals surface area (Å²) in [4.78, 5) is 13.0. The maximum absolute atomic E-state index is 13.4. The van der Waals surface area contributed by atoms with Crippen LogP contribution in [0.5, 0.6) is 23.0 Å². The van der Waals surface area contributed by atoms with Crippen molar-refractivity contribution in [2.24, 2.45) is 0 Å². The summed E-state index contributed by atoms with van der Waals surface area (Å²) in [6, 6.07) is 26.7. The van der Waals surface area contributed by atoms with E-state index in [0.29, 0.717) is 29.2 Å². The number of nitrogens with one attached hydrogen (secondary N) is 1. The lowest BCUT2D eigenvalue weighted by Gasteiger charge is -2.16. The molecule has 0 atom stereocenters. The largest absolute Gasteiger partial charge is 0.493 e. The van der Waals surface area contributed by atoms with E-state index in [9.17, 15) is 8.42 Å². The van der Waals surface area contributed by atoms with Crippen molar-refractivity contribution in [1.29, 1.82) is 0 Å². The van der Waals surface area contributed by atoms with Crippen LogP contribution in [0.3, 0.4) is 0 Å². The van der Waals surface area contributed by atoms with Crippen molar-refractivity contribution < 1.29 is 22.6 Å². The second kappa shape index (κ2) is 12.9. The highest BCUT2D eigenvalue weighted by Gasteiger charge is 2.24. The number of hydrogen-bond acceptors (Lipinski definition) is 8. The van der Waals surface area contributed by atoms with Crippen LogP contribution in [-0.4, -0.2) is 30.5 Å². The minimum Gasteiger partial charge on any atom is -0.493 e. The quantitative estimate of drug-likeness (QED) is 0.153. The number of anilines is 1. The van der Waals surface area contributed by atoms with Crippen LogP contribution in [0.4, 0.5) is 5.82 Å². The predicted octanol–water partition coefficient (Wildman–Crippen LogP) is 7.41. The van der Waals surface area contributed by atoms with Crippen molar-refractivity contribution in [3.8, 4) is 34.4 Å². The van der Waals surface area contributed by atoms with Crippen molar-refractivity contribution in [2.75, 3.05) is 11.8 Å². The Kier molecular flexibility index (Phi) is 8.89. The van der Waals surface area contributed by atoms with Crippen LogP contribution >= 0.6 is 11.6 Å². The molecule has 0 radical (unpaired) electrons. The van der Waals surface area contributed by atoms with Crippen LogP contribution in [0.15, 0.2) is 109 Å². The molecule has 0 aliphatic heterocycles. The predicted molar refractivity (Wildman–Crippen MR) is 166 cm³/mol. The molecule has 0 aliphatic carbocycles. The number of methoxy groups -OCH3 is 1. The topological polar surface area (TPSA) is 113 Å². The molecule has 2 aromatic heterocycles. The number of nitrogens with zero attached hydrogens (tertiary/aromatic N) is 3. The molecule has 3 aromatic carbocycles. The lowest BCUT2D eigenvalue weighted by Crippen LogP contribution is -2.17. The molecule has 0 unspecified atom stereocenters. The van der Waals surface area contributed by atoms with Gasteiger partial charge in [-0.1, -0.05) is 78.8 Å². The van der Waals surface area contributed by atoms with Gasteiger partial charge >= 0.3 is 0 Å². The lowest BCUT2D eigenvalue weighted by atomic mass is 10.2. The van der Waals surface area contributed by atoms with Crippen LogP contribution in [-0.2, 0) is 16.6 Å².